The third-order valence-corrected chi connectivity index (χ3v) is 6.20. The molecular formula is C16H22O3S. The van der Waals surface area contributed by atoms with Crippen LogP contribution in [0.4, 0.5) is 0 Å². The molecule has 0 radical (unpaired) electrons. The molecule has 0 fully saturated rings. The maximum atomic E-state index is 12.6. The van der Waals surface area contributed by atoms with Gasteiger partial charge in [-0.15, -0.1) is 0 Å². The van der Waals surface area contributed by atoms with Crippen molar-refractivity contribution < 1.29 is 13.5 Å². The van der Waals surface area contributed by atoms with Gasteiger partial charge in [-0.1, -0.05) is 45.0 Å². The highest BCUT2D eigenvalue weighted by Gasteiger charge is 2.43. The molecule has 0 amide bonds. The van der Waals surface area contributed by atoms with Crippen LogP contribution in [0.25, 0.3) is 0 Å². The SMILES string of the molecule is CC(C)(C)[C@H]1C=C[C@@](O)(S(=O)(=O)c2ccccc2)CC1. The molecule has 1 aromatic carbocycles. The summed E-state index contributed by atoms with van der Waals surface area (Å²) >= 11 is 0. The Bertz CT molecular complexity index is 596. The lowest BCUT2D eigenvalue weighted by Gasteiger charge is -2.36. The summed E-state index contributed by atoms with van der Waals surface area (Å²) in [7, 11) is -3.76. The van der Waals surface area contributed by atoms with Gasteiger partial charge in [-0.2, -0.15) is 0 Å². The predicted molar refractivity (Wildman–Crippen MR) is 79.9 cm³/mol. The lowest BCUT2D eigenvalue weighted by Crippen LogP contribution is -2.40. The molecule has 0 unspecified atom stereocenters. The van der Waals surface area contributed by atoms with E-state index in [0.29, 0.717) is 6.42 Å². The molecule has 0 aromatic heterocycles. The van der Waals surface area contributed by atoms with Crippen LogP contribution in [-0.2, 0) is 9.84 Å². The van der Waals surface area contributed by atoms with E-state index in [9.17, 15) is 13.5 Å². The van der Waals surface area contributed by atoms with Gasteiger partial charge in [0.25, 0.3) is 0 Å². The minimum absolute atomic E-state index is 0.0777. The first kappa shape index (κ1) is 15.3. The molecule has 0 saturated heterocycles. The zero-order chi connectivity index (χ0) is 15.0. The number of sulfone groups is 1. The zero-order valence-corrected chi connectivity index (χ0v) is 13.0. The molecule has 2 atom stereocenters. The van der Waals surface area contributed by atoms with Crippen molar-refractivity contribution in [2.75, 3.05) is 0 Å². The van der Waals surface area contributed by atoms with Crippen molar-refractivity contribution in [2.24, 2.45) is 11.3 Å². The third-order valence-electron chi connectivity index (χ3n) is 4.03. The highest BCUT2D eigenvalue weighted by molar-refractivity contribution is 7.92. The van der Waals surface area contributed by atoms with E-state index < -0.39 is 14.8 Å². The Balaban J connectivity index is 2.35. The first-order valence-electron chi connectivity index (χ1n) is 6.88. The minimum atomic E-state index is -3.76. The molecule has 1 aliphatic carbocycles. The van der Waals surface area contributed by atoms with Crippen LogP contribution < -0.4 is 0 Å². The van der Waals surface area contributed by atoms with Crippen molar-refractivity contribution >= 4 is 9.84 Å². The number of aliphatic hydroxyl groups is 1. The highest BCUT2D eigenvalue weighted by Crippen LogP contribution is 2.40. The van der Waals surface area contributed by atoms with E-state index in [-0.39, 0.29) is 22.6 Å². The van der Waals surface area contributed by atoms with E-state index in [4.69, 9.17) is 0 Å². The molecule has 0 saturated carbocycles. The summed E-state index contributed by atoms with van der Waals surface area (Å²) in [5.41, 5.74) is 0.0777. The molecule has 1 aliphatic rings. The number of benzene rings is 1. The molecule has 1 N–H and O–H groups in total. The van der Waals surface area contributed by atoms with Crippen molar-refractivity contribution in [3.05, 3.63) is 42.5 Å². The Morgan fingerprint density at radius 3 is 2.25 bits per heavy atom. The second-order valence-corrected chi connectivity index (χ2v) is 8.72. The Hall–Kier alpha value is -1.13. The summed E-state index contributed by atoms with van der Waals surface area (Å²) < 4.78 is 25.1. The Kier molecular flexibility index (Phi) is 3.82. The fraction of sp³-hybridized carbons (Fsp3) is 0.500. The molecular weight excluding hydrogens is 272 g/mol. The van der Waals surface area contributed by atoms with Crippen molar-refractivity contribution in [2.45, 2.75) is 43.4 Å². The summed E-state index contributed by atoms with van der Waals surface area (Å²) in [5.74, 6) is 0.286. The van der Waals surface area contributed by atoms with E-state index in [0.717, 1.165) is 0 Å². The average Bonchev–Trinajstić information content (AvgIpc) is 2.39. The van der Waals surface area contributed by atoms with Gasteiger partial charge < -0.3 is 5.11 Å². The normalized spacial score (nSPS) is 27.5. The van der Waals surface area contributed by atoms with Gasteiger partial charge in [0.2, 0.25) is 9.84 Å². The molecule has 0 heterocycles. The van der Waals surface area contributed by atoms with E-state index in [1.54, 1.807) is 18.2 Å². The van der Waals surface area contributed by atoms with Gasteiger partial charge in [0.1, 0.15) is 0 Å². The Morgan fingerprint density at radius 1 is 1.20 bits per heavy atom. The molecule has 0 bridgehead atoms. The molecule has 0 aliphatic heterocycles. The van der Waals surface area contributed by atoms with E-state index in [2.05, 4.69) is 20.8 Å². The van der Waals surface area contributed by atoms with Gasteiger partial charge in [0.15, 0.2) is 4.93 Å². The zero-order valence-electron chi connectivity index (χ0n) is 12.2. The van der Waals surface area contributed by atoms with Crippen molar-refractivity contribution in [3.8, 4) is 0 Å². The maximum Gasteiger partial charge on any atom is 0.211 e. The van der Waals surface area contributed by atoms with Crippen LogP contribution in [0.15, 0.2) is 47.4 Å². The summed E-state index contributed by atoms with van der Waals surface area (Å²) in [5, 5.41) is 10.6. The smallest absolute Gasteiger partial charge is 0.211 e. The van der Waals surface area contributed by atoms with Gasteiger partial charge in [0, 0.05) is 0 Å². The fourth-order valence-corrected chi connectivity index (χ4v) is 4.13. The highest BCUT2D eigenvalue weighted by atomic mass is 32.2. The van der Waals surface area contributed by atoms with Gasteiger partial charge in [-0.05, 0) is 42.4 Å². The van der Waals surface area contributed by atoms with Crippen LogP contribution in [0, 0.1) is 11.3 Å². The first-order valence-corrected chi connectivity index (χ1v) is 8.36. The Labute approximate surface area is 121 Å². The summed E-state index contributed by atoms with van der Waals surface area (Å²) in [6, 6.07) is 8.14. The average molecular weight is 294 g/mol. The molecule has 2 rings (SSSR count). The minimum Gasteiger partial charge on any atom is -0.371 e. The summed E-state index contributed by atoms with van der Waals surface area (Å²) in [4.78, 5) is -1.61. The largest absolute Gasteiger partial charge is 0.371 e. The van der Waals surface area contributed by atoms with Crippen molar-refractivity contribution in [3.63, 3.8) is 0 Å². The second-order valence-electron chi connectivity index (χ2n) is 6.53. The lowest BCUT2D eigenvalue weighted by molar-refractivity contribution is 0.130. The molecule has 110 valence electrons. The predicted octanol–water partition coefficient (Wildman–Crippen LogP) is 3.16. The van der Waals surface area contributed by atoms with E-state index in [1.165, 1.54) is 18.2 Å². The van der Waals surface area contributed by atoms with Crippen molar-refractivity contribution in [1.29, 1.82) is 0 Å². The van der Waals surface area contributed by atoms with Crippen LogP contribution in [0.1, 0.15) is 33.6 Å². The maximum absolute atomic E-state index is 12.6. The quantitative estimate of drug-likeness (QED) is 0.852. The molecule has 20 heavy (non-hydrogen) atoms. The molecule has 0 spiro atoms. The van der Waals surface area contributed by atoms with Crippen LogP contribution in [0.3, 0.4) is 0 Å². The standard InChI is InChI=1S/C16H22O3S/c1-15(2,3)13-9-11-16(17,12-10-13)20(18,19)14-7-5-4-6-8-14/h4-9,11,13,17H,10,12H2,1-3H3/t13-,16+/m0/s1. The van der Waals surface area contributed by atoms with Gasteiger partial charge in [0.05, 0.1) is 4.90 Å². The molecule has 4 heteroatoms. The molecule has 3 nitrogen and oxygen atoms in total. The third kappa shape index (κ3) is 2.67. The summed E-state index contributed by atoms with van der Waals surface area (Å²) in [6.45, 7) is 6.37. The lowest BCUT2D eigenvalue weighted by atomic mass is 9.75. The van der Waals surface area contributed by atoms with Crippen LogP contribution in [0.5, 0.6) is 0 Å². The van der Waals surface area contributed by atoms with E-state index >= 15 is 0 Å². The van der Waals surface area contributed by atoms with Crippen molar-refractivity contribution in [1.82, 2.24) is 0 Å². The summed E-state index contributed by atoms with van der Waals surface area (Å²) in [6.07, 6.45) is 4.23. The van der Waals surface area contributed by atoms with Crippen LogP contribution in [-0.4, -0.2) is 18.5 Å². The molecule has 1 aromatic rings. The van der Waals surface area contributed by atoms with Gasteiger partial charge >= 0.3 is 0 Å². The van der Waals surface area contributed by atoms with Crippen LogP contribution in [0.2, 0.25) is 0 Å². The Morgan fingerprint density at radius 2 is 1.80 bits per heavy atom. The van der Waals surface area contributed by atoms with Crippen LogP contribution >= 0.6 is 0 Å². The first-order chi connectivity index (χ1) is 9.17. The second kappa shape index (κ2) is 5.01. The fourth-order valence-electron chi connectivity index (χ4n) is 2.56. The number of rotatable bonds is 2. The monoisotopic (exact) mass is 294 g/mol. The number of allylic oxidation sites excluding steroid dienone is 1. The topological polar surface area (TPSA) is 54.4 Å². The van der Waals surface area contributed by atoms with E-state index in [1.807, 2.05) is 6.08 Å². The van der Waals surface area contributed by atoms with Gasteiger partial charge in [-0.3, -0.25) is 0 Å². The van der Waals surface area contributed by atoms with Gasteiger partial charge in [-0.25, -0.2) is 8.42 Å². The number of hydrogen-bond donors (Lipinski definition) is 1. The number of hydrogen-bond acceptors (Lipinski definition) is 3.